The van der Waals surface area contributed by atoms with Crippen LogP contribution in [0.1, 0.15) is 21.6 Å². The van der Waals surface area contributed by atoms with Crippen molar-refractivity contribution in [3.8, 4) is 5.82 Å². The maximum Gasteiger partial charge on any atom is 0.434 e. The molecule has 1 amide bonds. The number of rotatable bonds is 4. The Kier molecular flexibility index (Phi) is 6.21. The Morgan fingerprint density at radius 2 is 1.76 bits per heavy atom. The molecule has 0 saturated carbocycles. The van der Waals surface area contributed by atoms with Crippen molar-refractivity contribution in [2.24, 2.45) is 4.36 Å². The van der Waals surface area contributed by atoms with E-state index < -0.39 is 62.1 Å². The summed E-state index contributed by atoms with van der Waals surface area (Å²) in [6, 6.07) is 2.25. The number of carbonyl (C=O) groups is 1. The third-order valence-corrected chi connectivity index (χ3v) is 5.33. The second-order valence-electron chi connectivity index (χ2n) is 7.80. The highest BCUT2D eigenvalue weighted by Gasteiger charge is 2.41. The monoisotopic (exact) mass is 549 g/mol. The van der Waals surface area contributed by atoms with Crippen molar-refractivity contribution in [3.63, 3.8) is 0 Å². The van der Waals surface area contributed by atoms with E-state index in [9.17, 15) is 39.7 Å². The van der Waals surface area contributed by atoms with Gasteiger partial charge in [-0.15, -0.1) is 0 Å². The molecular formula is C20H14F7N7O2S. The van der Waals surface area contributed by atoms with E-state index in [2.05, 4.69) is 19.4 Å². The molecule has 4 heterocycles. The second kappa shape index (κ2) is 8.82. The normalized spacial score (nSPS) is 12.7. The van der Waals surface area contributed by atoms with Crippen molar-refractivity contribution in [1.29, 1.82) is 0 Å². The van der Waals surface area contributed by atoms with Crippen molar-refractivity contribution in [2.75, 3.05) is 17.8 Å². The molecule has 0 aliphatic carbocycles. The van der Waals surface area contributed by atoms with Crippen LogP contribution < -0.4 is 5.32 Å². The Labute approximate surface area is 203 Å². The fraction of sp³-hybridized carbons (Fsp3) is 0.200. The van der Waals surface area contributed by atoms with Gasteiger partial charge >= 0.3 is 12.4 Å². The van der Waals surface area contributed by atoms with E-state index in [0.29, 0.717) is 16.9 Å². The number of hydrogen-bond acceptors (Lipinski definition) is 6. The number of hydrogen-bond donors (Lipinski definition) is 1. The van der Waals surface area contributed by atoms with Crippen LogP contribution in [0, 0.1) is 5.82 Å². The molecule has 0 saturated heterocycles. The van der Waals surface area contributed by atoms with E-state index in [1.165, 1.54) is 6.20 Å². The van der Waals surface area contributed by atoms with E-state index in [-0.39, 0.29) is 11.5 Å². The number of aromatic nitrogens is 5. The number of alkyl halides is 6. The zero-order chi connectivity index (χ0) is 27.3. The van der Waals surface area contributed by atoms with Crippen molar-refractivity contribution >= 4 is 32.8 Å². The first-order chi connectivity index (χ1) is 17.1. The van der Waals surface area contributed by atoms with Gasteiger partial charge in [0.15, 0.2) is 23.0 Å². The number of halogens is 7. The van der Waals surface area contributed by atoms with E-state index in [1.807, 2.05) is 5.32 Å². The van der Waals surface area contributed by atoms with Gasteiger partial charge in [-0.3, -0.25) is 9.20 Å². The highest BCUT2D eigenvalue weighted by atomic mass is 32.2. The summed E-state index contributed by atoms with van der Waals surface area (Å²) in [7, 11) is -3.04. The van der Waals surface area contributed by atoms with Gasteiger partial charge in [0.05, 0.1) is 23.6 Å². The SMILES string of the molecule is CS(C)(=O)=Nc1ncc(NC(=O)c2cnn(-c3ccc(F)c4nccn34)c2C(F)(F)F)cc1C(F)(F)F. The maximum atomic E-state index is 14.0. The molecule has 0 aliphatic rings. The van der Waals surface area contributed by atoms with Gasteiger partial charge in [0.2, 0.25) is 0 Å². The lowest BCUT2D eigenvalue weighted by atomic mass is 10.2. The lowest BCUT2D eigenvalue weighted by Gasteiger charge is -2.15. The van der Waals surface area contributed by atoms with Gasteiger partial charge in [-0.1, -0.05) is 0 Å². The number of imidazole rings is 1. The Hall–Kier alpha value is -4.02. The summed E-state index contributed by atoms with van der Waals surface area (Å²) in [5.74, 6) is -3.49. The van der Waals surface area contributed by atoms with Gasteiger partial charge < -0.3 is 5.32 Å². The molecule has 0 radical (unpaired) electrons. The zero-order valence-electron chi connectivity index (χ0n) is 18.6. The van der Waals surface area contributed by atoms with Crippen LogP contribution in [-0.4, -0.2) is 46.8 Å². The average Bonchev–Trinajstić information content (AvgIpc) is 3.41. The minimum absolute atomic E-state index is 0.300. The summed E-state index contributed by atoms with van der Waals surface area (Å²) in [5, 5.41) is 5.54. The molecule has 37 heavy (non-hydrogen) atoms. The summed E-state index contributed by atoms with van der Waals surface area (Å²) < 4.78 is 113. The summed E-state index contributed by atoms with van der Waals surface area (Å²) in [5.41, 5.74) is -4.96. The van der Waals surface area contributed by atoms with Crippen LogP contribution in [0.2, 0.25) is 0 Å². The number of anilines is 1. The van der Waals surface area contributed by atoms with Gasteiger partial charge in [0.1, 0.15) is 11.4 Å². The topological polar surface area (TPSA) is 107 Å². The molecule has 0 bridgehead atoms. The summed E-state index contributed by atoms with van der Waals surface area (Å²) >= 11 is 0. The van der Waals surface area contributed by atoms with Crippen molar-refractivity contribution in [2.45, 2.75) is 12.4 Å². The first-order valence-corrected chi connectivity index (χ1v) is 12.2. The Balaban J connectivity index is 1.78. The zero-order valence-corrected chi connectivity index (χ0v) is 19.4. The molecule has 0 aliphatic heterocycles. The molecule has 17 heteroatoms. The van der Waals surface area contributed by atoms with E-state index in [1.54, 1.807) is 0 Å². The first-order valence-electron chi connectivity index (χ1n) is 9.89. The number of nitrogens with zero attached hydrogens (tertiary/aromatic N) is 6. The summed E-state index contributed by atoms with van der Waals surface area (Å²) in [6.45, 7) is 0. The fourth-order valence-electron chi connectivity index (χ4n) is 3.32. The molecule has 4 aromatic heterocycles. The van der Waals surface area contributed by atoms with Crippen LogP contribution >= 0.6 is 0 Å². The van der Waals surface area contributed by atoms with Crippen molar-refractivity contribution in [1.82, 2.24) is 24.1 Å². The average molecular weight is 549 g/mol. The highest BCUT2D eigenvalue weighted by Crippen LogP contribution is 2.38. The van der Waals surface area contributed by atoms with E-state index >= 15 is 0 Å². The molecule has 9 nitrogen and oxygen atoms in total. The molecule has 4 rings (SSSR count). The van der Waals surface area contributed by atoms with Crippen LogP contribution in [0.25, 0.3) is 11.5 Å². The number of carbonyl (C=O) groups excluding carboxylic acids is 1. The molecule has 0 unspecified atom stereocenters. The molecule has 0 atom stereocenters. The quantitative estimate of drug-likeness (QED) is 0.372. The van der Waals surface area contributed by atoms with Crippen molar-refractivity contribution < 1.29 is 39.7 Å². The predicted octanol–water partition coefficient (Wildman–Crippen LogP) is 4.70. The number of nitrogens with one attached hydrogen (secondary N) is 1. The molecule has 196 valence electrons. The molecule has 1 N–H and O–H groups in total. The number of fused-ring (bicyclic) bond motifs is 1. The molecule has 4 aromatic rings. The lowest BCUT2D eigenvalue weighted by molar-refractivity contribution is -0.143. The number of pyridine rings is 2. The lowest BCUT2D eigenvalue weighted by Crippen LogP contribution is -2.22. The van der Waals surface area contributed by atoms with Crippen LogP contribution in [0.15, 0.2) is 47.3 Å². The largest absolute Gasteiger partial charge is 0.434 e. The molecule has 0 spiro atoms. The van der Waals surface area contributed by atoms with Gasteiger partial charge in [0.25, 0.3) is 5.91 Å². The highest BCUT2D eigenvalue weighted by molar-refractivity contribution is 7.92. The first kappa shape index (κ1) is 26.1. The third kappa shape index (κ3) is 5.25. The molecular weight excluding hydrogens is 535 g/mol. The Morgan fingerprint density at radius 1 is 1.05 bits per heavy atom. The second-order valence-corrected chi connectivity index (χ2v) is 10.3. The van der Waals surface area contributed by atoms with E-state index in [0.717, 1.165) is 41.4 Å². The minimum atomic E-state index is -5.16. The minimum Gasteiger partial charge on any atom is -0.320 e. The third-order valence-electron chi connectivity index (χ3n) is 4.72. The van der Waals surface area contributed by atoms with Gasteiger partial charge in [-0.05, 0) is 18.2 Å². The summed E-state index contributed by atoms with van der Waals surface area (Å²) in [6.07, 6.45) is -4.42. The van der Waals surface area contributed by atoms with Crippen LogP contribution in [0.3, 0.4) is 0 Å². The fourth-order valence-corrected chi connectivity index (χ4v) is 3.88. The van der Waals surface area contributed by atoms with Crippen molar-refractivity contribution in [3.05, 3.63) is 65.6 Å². The number of amides is 1. The standard InChI is InChI=1S/C20H14F7N7O2S/c1-37(2,36)32-16-12(19(22,23)24)7-10(8-29-16)31-18(35)11-9-30-34(15(11)20(25,26)27)14-4-3-13(21)17-28-5-6-33(14)17/h3-9H,1-2H3,(H,31,35). The van der Waals surface area contributed by atoms with E-state index in [4.69, 9.17) is 0 Å². The van der Waals surface area contributed by atoms with Crippen LogP contribution in [-0.2, 0) is 22.1 Å². The molecule has 0 fully saturated rings. The Morgan fingerprint density at radius 3 is 2.38 bits per heavy atom. The smallest absolute Gasteiger partial charge is 0.320 e. The van der Waals surface area contributed by atoms with Gasteiger partial charge in [-0.25, -0.2) is 23.2 Å². The molecule has 0 aromatic carbocycles. The predicted molar refractivity (Wildman–Crippen MR) is 117 cm³/mol. The Bertz CT molecular complexity index is 1640. The van der Waals surface area contributed by atoms with Crippen LogP contribution in [0.5, 0.6) is 0 Å². The van der Waals surface area contributed by atoms with Gasteiger partial charge in [0, 0.05) is 34.6 Å². The maximum absolute atomic E-state index is 14.0. The van der Waals surface area contributed by atoms with Crippen LogP contribution in [0.4, 0.5) is 42.2 Å². The van der Waals surface area contributed by atoms with Gasteiger partial charge in [-0.2, -0.15) is 35.8 Å². The summed E-state index contributed by atoms with van der Waals surface area (Å²) in [4.78, 5) is 19.9.